The van der Waals surface area contributed by atoms with Crippen molar-refractivity contribution in [2.75, 3.05) is 52.4 Å². The first-order chi connectivity index (χ1) is 15.5. The van der Waals surface area contributed by atoms with Crippen molar-refractivity contribution in [1.82, 2.24) is 19.6 Å². The number of aliphatic carboxylic acids is 1. The summed E-state index contributed by atoms with van der Waals surface area (Å²) in [5, 5.41) is 8.87. The van der Waals surface area contributed by atoms with E-state index in [1.165, 1.54) is 58.0 Å². The minimum Gasteiger partial charge on any atom is -0.481 e. The van der Waals surface area contributed by atoms with Gasteiger partial charge >= 0.3 is 12.1 Å². The van der Waals surface area contributed by atoms with E-state index in [1.807, 2.05) is 4.90 Å². The molecule has 1 saturated carbocycles. The van der Waals surface area contributed by atoms with Crippen molar-refractivity contribution in [2.24, 2.45) is 5.92 Å². The molecule has 0 bridgehead atoms. The predicted molar refractivity (Wildman–Crippen MR) is 122 cm³/mol. The monoisotopic (exact) mass is 450 g/mol. The van der Waals surface area contributed by atoms with E-state index in [-0.39, 0.29) is 24.8 Å². The minimum atomic E-state index is -0.749. The van der Waals surface area contributed by atoms with Gasteiger partial charge < -0.3 is 24.5 Å². The Balaban J connectivity index is 1.15. The summed E-state index contributed by atoms with van der Waals surface area (Å²) in [6, 6.07) is 0.921. The van der Waals surface area contributed by atoms with Crippen molar-refractivity contribution in [3.8, 4) is 0 Å². The molecule has 0 aromatic rings. The SMILES string of the molecule is CC1C(N2CCN(CCC(=O)O)CC2)OC(=O)N1CCCC1CCN(C2CCCC2)CC1. The molecule has 4 fully saturated rings. The molecule has 0 spiro atoms. The third-order valence-corrected chi connectivity index (χ3v) is 8.27. The van der Waals surface area contributed by atoms with Crippen LogP contribution in [0.25, 0.3) is 0 Å². The Hall–Kier alpha value is -1.38. The summed E-state index contributed by atoms with van der Waals surface area (Å²) >= 11 is 0. The Kier molecular flexibility index (Phi) is 8.29. The molecule has 2 unspecified atom stereocenters. The number of nitrogens with zero attached hydrogens (tertiary/aromatic N) is 4. The van der Waals surface area contributed by atoms with E-state index >= 15 is 0 Å². The van der Waals surface area contributed by atoms with Crippen LogP contribution in [0.2, 0.25) is 0 Å². The standard InChI is InChI=1S/C24H42N4O4/c1-19-23(27-17-15-25(16-18-27)12-10-22(29)30)32-24(31)28(19)11-4-5-20-8-13-26(14-9-20)21-6-2-3-7-21/h19-21,23H,2-18H2,1H3,(H,29,30). The second-order valence-electron chi connectivity index (χ2n) is 10.3. The summed E-state index contributed by atoms with van der Waals surface area (Å²) in [4.78, 5) is 32.4. The Morgan fingerprint density at radius 2 is 1.66 bits per heavy atom. The van der Waals surface area contributed by atoms with Crippen LogP contribution in [0, 0.1) is 5.92 Å². The molecule has 4 aliphatic rings. The smallest absolute Gasteiger partial charge is 0.411 e. The lowest BCUT2D eigenvalue weighted by atomic mass is 9.91. The van der Waals surface area contributed by atoms with Crippen molar-refractivity contribution in [1.29, 1.82) is 0 Å². The Morgan fingerprint density at radius 3 is 2.31 bits per heavy atom. The van der Waals surface area contributed by atoms with Crippen molar-refractivity contribution in [2.45, 2.75) is 83.0 Å². The van der Waals surface area contributed by atoms with Crippen LogP contribution in [0.15, 0.2) is 0 Å². The van der Waals surface area contributed by atoms with Crippen molar-refractivity contribution >= 4 is 12.1 Å². The largest absolute Gasteiger partial charge is 0.481 e. The van der Waals surface area contributed by atoms with Gasteiger partial charge in [-0.05, 0) is 64.5 Å². The first kappa shape index (κ1) is 23.8. The van der Waals surface area contributed by atoms with Gasteiger partial charge in [0.15, 0.2) is 6.23 Å². The maximum absolute atomic E-state index is 12.5. The van der Waals surface area contributed by atoms with E-state index in [0.29, 0.717) is 6.54 Å². The minimum absolute atomic E-state index is 0.0669. The predicted octanol–water partition coefficient (Wildman–Crippen LogP) is 2.68. The third kappa shape index (κ3) is 5.94. The fraction of sp³-hybridized carbons (Fsp3) is 0.917. The molecule has 32 heavy (non-hydrogen) atoms. The van der Waals surface area contributed by atoms with E-state index in [0.717, 1.165) is 51.1 Å². The molecule has 1 amide bonds. The zero-order valence-corrected chi connectivity index (χ0v) is 19.8. The fourth-order valence-corrected chi connectivity index (χ4v) is 6.19. The molecule has 3 heterocycles. The lowest BCUT2D eigenvalue weighted by Gasteiger charge is -2.38. The molecule has 4 rings (SSSR count). The first-order valence-corrected chi connectivity index (χ1v) is 12.9. The van der Waals surface area contributed by atoms with Gasteiger partial charge in [-0.15, -0.1) is 0 Å². The Labute approximate surface area is 192 Å². The fourth-order valence-electron chi connectivity index (χ4n) is 6.19. The number of rotatable bonds is 9. The van der Waals surface area contributed by atoms with Gasteiger partial charge in [0.25, 0.3) is 0 Å². The van der Waals surface area contributed by atoms with Crippen molar-refractivity contribution < 1.29 is 19.4 Å². The van der Waals surface area contributed by atoms with Crippen LogP contribution < -0.4 is 0 Å². The van der Waals surface area contributed by atoms with Crippen molar-refractivity contribution in [3.05, 3.63) is 0 Å². The maximum atomic E-state index is 12.5. The highest BCUT2D eigenvalue weighted by molar-refractivity contribution is 5.70. The van der Waals surface area contributed by atoms with Gasteiger partial charge in [-0.25, -0.2) is 4.79 Å². The number of ether oxygens (including phenoxy) is 1. The van der Waals surface area contributed by atoms with E-state index < -0.39 is 5.97 Å². The average molecular weight is 451 g/mol. The number of carbonyl (C=O) groups is 2. The summed E-state index contributed by atoms with van der Waals surface area (Å²) in [7, 11) is 0. The number of hydrogen-bond acceptors (Lipinski definition) is 6. The number of likely N-dealkylation sites (tertiary alicyclic amines) is 1. The van der Waals surface area contributed by atoms with E-state index in [2.05, 4.69) is 21.6 Å². The maximum Gasteiger partial charge on any atom is 0.411 e. The zero-order valence-electron chi connectivity index (χ0n) is 19.8. The van der Waals surface area contributed by atoms with Gasteiger partial charge in [0.1, 0.15) is 0 Å². The summed E-state index contributed by atoms with van der Waals surface area (Å²) < 4.78 is 5.77. The van der Waals surface area contributed by atoms with E-state index in [1.54, 1.807) is 0 Å². The molecule has 1 aliphatic carbocycles. The summed E-state index contributed by atoms with van der Waals surface area (Å²) in [5.74, 6) is 0.0528. The van der Waals surface area contributed by atoms with Crippen LogP contribution in [0.3, 0.4) is 0 Å². The van der Waals surface area contributed by atoms with Crippen LogP contribution in [0.4, 0.5) is 4.79 Å². The summed E-state index contributed by atoms with van der Waals surface area (Å²) in [6.07, 6.45) is 10.3. The lowest BCUT2D eigenvalue weighted by molar-refractivity contribution is -0.137. The molecule has 2 atom stereocenters. The number of hydrogen-bond donors (Lipinski definition) is 1. The zero-order chi connectivity index (χ0) is 22.5. The summed E-state index contributed by atoms with van der Waals surface area (Å²) in [5.41, 5.74) is 0. The highest BCUT2D eigenvalue weighted by Gasteiger charge is 2.42. The normalized spacial score (nSPS) is 29.7. The van der Waals surface area contributed by atoms with E-state index in [4.69, 9.17) is 9.84 Å². The molecule has 0 aromatic heterocycles. The van der Waals surface area contributed by atoms with Gasteiger partial charge in [0, 0.05) is 45.3 Å². The molecule has 3 aliphatic heterocycles. The lowest BCUT2D eigenvalue weighted by Crippen LogP contribution is -2.53. The highest BCUT2D eigenvalue weighted by Crippen LogP contribution is 2.30. The number of carboxylic acid groups (broad SMARTS) is 1. The quantitative estimate of drug-likeness (QED) is 0.579. The van der Waals surface area contributed by atoms with Gasteiger partial charge in [-0.1, -0.05) is 12.8 Å². The number of cyclic esters (lactones) is 1. The number of carbonyl (C=O) groups excluding carboxylic acids is 1. The van der Waals surface area contributed by atoms with Crippen LogP contribution in [-0.4, -0.2) is 107 Å². The Morgan fingerprint density at radius 1 is 0.969 bits per heavy atom. The van der Waals surface area contributed by atoms with Gasteiger partial charge in [0.05, 0.1) is 12.5 Å². The van der Waals surface area contributed by atoms with Gasteiger partial charge in [-0.3, -0.25) is 9.69 Å². The molecule has 8 heteroatoms. The topological polar surface area (TPSA) is 76.6 Å². The molecule has 1 N–H and O–H groups in total. The number of carboxylic acids is 1. The van der Waals surface area contributed by atoms with Crippen LogP contribution in [0.1, 0.15) is 64.7 Å². The van der Waals surface area contributed by atoms with E-state index in [9.17, 15) is 9.59 Å². The molecule has 0 radical (unpaired) electrons. The number of amides is 1. The molecular weight excluding hydrogens is 408 g/mol. The summed E-state index contributed by atoms with van der Waals surface area (Å²) in [6.45, 7) is 9.29. The highest BCUT2D eigenvalue weighted by atomic mass is 16.6. The number of piperazine rings is 1. The number of piperidine rings is 1. The second kappa shape index (κ2) is 11.2. The molecule has 8 nitrogen and oxygen atoms in total. The average Bonchev–Trinajstić information content (AvgIpc) is 3.43. The van der Waals surface area contributed by atoms with Gasteiger partial charge in [0.2, 0.25) is 0 Å². The van der Waals surface area contributed by atoms with Crippen LogP contribution in [0.5, 0.6) is 0 Å². The van der Waals surface area contributed by atoms with Crippen molar-refractivity contribution in [3.63, 3.8) is 0 Å². The molecule has 0 aromatic carbocycles. The van der Waals surface area contributed by atoms with Crippen LogP contribution >= 0.6 is 0 Å². The first-order valence-electron chi connectivity index (χ1n) is 12.9. The Bertz CT molecular complexity index is 625. The molecular formula is C24H42N4O4. The molecule has 3 saturated heterocycles. The molecule has 182 valence electrons. The van der Waals surface area contributed by atoms with Crippen LogP contribution in [-0.2, 0) is 9.53 Å². The van der Waals surface area contributed by atoms with Gasteiger partial charge in [-0.2, -0.15) is 0 Å². The third-order valence-electron chi connectivity index (χ3n) is 8.27. The second-order valence-corrected chi connectivity index (χ2v) is 10.3.